The molecule has 1 aromatic carbocycles. The molecule has 3 heterocycles. The number of nitrogens with one attached hydrogen (secondary N) is 2. The molecular weight excluding hydrogens is 350 g/mol. The van der Waals surface area contributed by atoms with Crippen LogP contribution in [-0.4, -0.2) is 49.1 Å². The van der Waals surface area contributed by atoms with E-state index in [1.54, 1.807) is 7.05 Å². The predicted octanol–water partition coefficient (Wildman–Crippen LogP) is 2.89. The summed E-state index contributed by atoms with van der Waals surface area (Å²) in [6, 6.07) is 10.6. The van der Waals surface area contributed by atoms with Crippen LogP contribution in [0.25, 0.3) is 0 Å². The topological polar surface area (TPSA) is 64.5 Å². The summed E-state index contributed by atoms with van der Waals surface area (Å²) in [6.45, 7) is 4.59. The lowest BCUT2D eigenvalue weighted by atomic mass is 9.97. The van der Waals surface area contributed by atoms with Gasteiger partial charge in [0.25, 0.3) is 0 Å². The van der Waals surface area contributed by atoms with Gasteiger partial charge in [-0.15, -0.1) is 0 Å². The lowest BCUT2D eigenvalue weighted by Gasteiger charge is -2.33. The van der Waals surface area contributed by atoms with Crippen LogP contribution in [0.5, 0.6) is 5.75 Å². The van der Waals surface area contributed by atoms with Crippen molar-refractivity contribution in [2.45, 2.75) is 25.8 Å². The van der Waals surface area contributed by atoms with Crippen LogP contribution in [0.1, 0.15) is 24.0 Å². The monoisotopic (exact) mass is 379 g/mol. The summed E-state index contributed by atoms with van der Waals surface area (Å²) in [6.07, 6.45) is 7.01. The summed E-state index contributed by atoms with van der Waals surface area (Å²) in [4.78, 5) is 8.61. The van der Waals surface area contributed by atoms with Crippen LogP contribution >= 0.6 is 0 Å². The third kappa shape index (κ3) is 4.21. The highest BCUT2D eigenvalue weighted by Gasteiger charge is 2.21. The van der Waals surface area contributed by atoms with E-state index < -0.39 is 0 Å². The number of guanidine groups is 1. The standard InChI is InChI=1S/C22H29N5O/c1-24-22(23)27-13-8-18-2-3-21(14-19(18)15-27)28-16-17-6-11-26(12-7-17)20-4-9-25-10-5-20/h2-5,9-10,14,17H,6-8,11-13,15-16H2,1H3,(H2,23,24). The molecule has 28 heavy (non-hydrogen) atoms. The first-order chi connectivity index (χ1) is 13.7. The van der Waals surface area contributed by atoms with Gasteiger partial charge < -0.3 is 19.9 Å². The van der Waals surface area contributed by atoms with E-state index in [0.29, 0.717) is 11.9 Å². The lowest BCUT2D eigenvalue weighted by Crippen LogP contribution is -2.41. The van der Waals surface area contributed by atoms with E-state index >= 15 is 0 Å². The molecule has 2 aromatic rings. The zero-order chi connectivity index (χ0) is 19.3. The number of rotatable bonds is 4. The van der Waals surface area contributed by atoms with Crippen LogP contribution < -0.4 is 15.0 Å². The molecule has 148 valence electrons. The zero-order valence-electron chi connectivity index (χ0n) is 16.5. The molecule has 0 saturated carbocycles. The zero-order valence-corrected chi connectivity index (χ0v) is 16.5. The molecule has 0 bridgehead atoms. The minimum absolute atomic E-state index is 0.484. The minimum atomic E-state index is 0.484. The highest BCUT2D eigenvalue weighted by molar-refractivity contribution is 5.76. The molecule has 0 amide bonds. The van der Waals surface area contributed by atoms with E-state index in [-0.39, 0.29) is 0 Å². The molecule has 2 aliphatic rings. The molecule has 2 aliphatic heterocycles. The normalized spacial score (nSPS) is 17.2. The van der Waals surface area contributed by atoms with Crippen molar-refractivity contribution >= 4 is 11.6 Å². The first kappa shape index (κ1) is 18.6. The Labute approximate surface area is 167 Å². The Hall–Kier alpha value is -2.76. The quantitative estimate of drug-likeness (QED) is 0.632. The smallest absolute Gasteiger partial charge is 0.191 e. The van der Waals surface area contributed by atoms with Gasteiger partial charge >= 0.3 is 0 Å². The maximum atomic E-state index is 8.00. The Morgan fingerprint density at radius 1 is 1.14 bits per heavy atom. The Morgan fingerprint density at radius 3 is 2.68 bits per heavy atom. The fourth-order valence-corrected chi connectivity index (χ4v) is 4.10. The first-order valence-corrected chi connectivity index (χ1v) is 10.1. The van der Waals surface area contributed by atoms with Gasteiger partial charge in [-0.3, -0.25) is 10.4 Å². The number of fused-ring (bicyclic) bond motifs is 1. The van der Waals surface area contributed by atoms with Gasteiger partial charge in [0.05, 0.1) is 6.61 Å². The van der Waals surface area contributed by atoms with Gasteiger partial charge in [0, 0.05) is 51.3 Å². The largest absolute Gasteiger partial charge is 0.493 e. The highest BCUT2D eigenvalue weighted by atomic mass is 16.5. The minimum Gasteiger partial charge on any atom is -0.493 e. The van der Waals surface area contributed by atoms with E-state index in [1.807, 2.05) is 12.4 Å². The molecule has 1 aromatic heterocycles. The summed E-state index contributed by atoms with van der Waals surface area (Å²) in [5.41, 5.74) is 3.91. The molecular formula is C22H29N5O. The maximum absolute atomic E-state index is 8.00. The predicted molar refractivity (Wildman–Crippen MR) is 112 cm³/mol. The molecule has 0 aliphatic carbocycles. The van der Waals surface area contributed by atoms with Crippen molar-refractivity contribution in [1.82, 2.24) is 15.2 Å². The van der Waals surface area contributed by atoms with Gasteiger partial charge in [-0.25, -0.2) is 0 Å². The average molecular weight is 380 g/mol. The average Bonchev–Trinajstić information content (AvgIpc) is 2.77. The molecule has 0 spiro atoms. The fourth-order valence-electron chi connectivity index (χ4n) is 4.10. The van der Waals surface area contributed by atoms with E-state index in [4.69, 9.17) is 10.1 Å². The van der Waals surface area contributed by atoms with Crippen LogP contribution in [0.15, 0.2) is 42.7 Å². The van der Waals surface area contributed by atoms with Gasteiger partial charge in [0.15, 0.2) is 5.96 Å². The van der Waals surface area contributed by atoms with E-state index in [2.05, 4.69) is 50.4 Å². The van der Waals surface area contributed by atoms with Crippen LogP contribution in [-0.2, 0) is 13.0 Å². The molecule has 0 radical (unpaired) electrons. The molecule has 6 nitrogen and oxygen atoms in total. The van der Waals surface area contributed by atoms with Crippen LogP contribution in [0.3, 0.4) is 0 Å². The van der Waals surface area contributed by atoms with Crippen LogP contribution in [0, 0.1) is 11.3 Å². The van der Waals surface area contributed by atoms with Gasteiger partial charge in [-0.2, -0.15) is 0 Å². The summed E-state index contributed by atoms with van der Waals surface area (Å²) < 4.78 is 6.16. The summed E-state index contributed by atoms with van der Waals surface area (Å²) in [5.74, 6) is 2.04. The third-order valence-corrected chi connectivity index (χ3v) is 5.87. The number of hydrogen-bond acceptors (Lipinski definition) is 4. The maximum Gasteiger partial charge on any atom is 0.191 e. The van der Waals surface area contributed by atoms with Crippen LogP contribution in [0.4, 0.5) is 5.69 Å². The molecule has 0 unspecified atom stereocenters. The van der Waals surface area contributed by atoms with Gasteiger partial charge in [-0.1, -0.05) is 6.07 Å². The van der Waals surface area contributed by atoms with E-state index in [9.17, 15) is 0 Å². The van der Waals surface area contributed by atoms with Gasteiger partial charge in [-0.05, 0) is 60.6 Å². The Morgan fingerprint density at radius 2 is 1.93 bits per heavy atom. The molecule has 1 saturated heterocycles. The van der Waals surface area contributed by atoms with Crippen molar-refractivity contribution in [3.63, 3.8) is 0 Å². The summed E-state index contributed by atoms with van der Waals surface area (Å²) >= 11 is 0. The molecule has 0 atom stereocenters. The fraction of sp³-hybridized carbons (Fsp3) is 0.455. The third-order valence-electron chi connectivity index (χ3n) is 5.87. The Kier molecular flexibility index (Phi) is 5.65. The highest BCUT2D eigenvalue weighted by Crippen LogP contribution is 2.26. The second-order valence-corrected chi connectivity index (χ2v) is 7.65. The SMILES string of the molecule is CNC(=N)N1CCc2ccc(OCC3CCN(c4ccncc4)CC3)cc2C1. The van der Waals surface area contributed by atoms with Crippen molar-refractivity contribution in [3.8, 4) is 5.75 Å². The Bertz CT molecular complexity index is 802. The second-order valence-electron chi connectivity index (χ2n) is 7.65. The molecule has 4 rings (SSSR count). The number of pyridine rings is 1. The lowest BCUT2D eigenvalue weighted by molar-refractivity contribution is 0.222. The number of hydrogen-bond donors (Lipinski definition) is 2. The molecule has 1 fully saturated rings. The number of piperidine rings is 1. The summed E-state index contributed by atoms with van der Waals surface area (Å²) in [7, 11) is 1.80. The van der Waals surface area contributed by atoms with Crippen molar-refractivity contribution < 1.29 is 4.74 Å². The van der Waals surface area contributed by atoms with E-state index in [1.165, 1.54) is 16.8 Å². The van der Waals surface area contributed by atoms with E-state index in [0.717, 1.165) is 57.8 Å². The van der Waals surface area contributed by atoms with Crippen molar-refractivity contribution in [2.75, 3.05) is 38.2 Å². The number of ether oxygens (including phenoxy) is 1. The molecule has 2 N–H and O–H groups in total. The Balaban J connectivity index is 1.30. The number of aromatic nitrogens is 1. The van der Waals surface area contributed by atoms with Crippen molar-refractivity contribution in [1.29, 1.82) is 5.41 Å². The van der Waals surface area contributed by atoms with Gasteiger partial charge in [0.2, 0.25) is 0 Å². The number of anilines is 1. The van der Waals surface area contributed by atoms with Crippen LogP contribution in [0.2, 0.25) is 0 Å². The van der Waals surface area contributed by atoms with Crippen molar-refractivity contribution in [3.05, 3.63) is 53.9 Å². The van der Waals surface area contributed by atoms with Crippen molar-refractivity contribution in [2.24, 2.45) is 5.92 Å². The number of nitrogens with zero attached hydrogens (tertiary/aromatic N) is 3. The first-order valence-electron chi connectivity index (χ1n) is 10.1. The summed E-state index contributed by atoms with van der Waals surface area (Å²) in [5, 5.41) is 10.9. The molecule has 6 heteroatoms. The van der Waals surface area contributed by atoms with Gasteiger partial charge in [0.1, 0.15) is 5.75 Å². The number of benzene rings is 1. The second kappa shape index (κ2) is 8.50.